The topological polar surface area (TPSA) is 39.7 Å². The van der Waals surface area contributed by atoms with Gasteiger partial charge in [0.1, 0.15) is 23.6 Å². The number of ether oxygens (including phenoxy) is 3. The van der Waals surface area contributed by atoms with Gasteiger partial charge in [0.15, 0.2) is 0 Å². The van der Waals surface area contributed by atoms with Crippen LogP contribution in [-0.4, -0.2) is 18.3 Å². The van der Waals surface area contributed by atoms with Gasteiger partial charge in [0, 0.05) is 29.4 Å². The summed E-state index contributed by atoms with van der Waals surface area (Å²) < 4.78 is 19.2. The summed E-state index contributed by atoms with van der Waals surface area (Å²) in [6.07, 6.45) is -0.488. The summed E-state index contributed by atoms with van der Waals surface area (Å²) in [5.74, 6) is 0.836. The SMILES string of the molecule is CCOC1c2cc(NCc3cccc(Cl)c3)ccc2OC(C)(C)C1OCc1ccccc1C. The van der Waals surface area contributed by atoms with Gasteiger partial charge in [-0.15, -0.1) is 0 Å². The van der Waals surface area contributed by atoms with Crippen molar-refractivity contribution in [1.29, 1.82) is 0 Å². The van der Waals surface area contributed by atoms with Crippen molar-refractivity contribution in [2.45, 2.75) is 58.7 Å². The smallest absolute Gasteiger partial charge is 0.132 e. The van der Waals surface area contributed by atoms with Gasteiger partial charge in [-0.3, -0.25) is 0 Å². The fraction of sp³-hybridized carbons (Fsp3) is 0.357. The van der Waals surface area contributed by atoms with E-state index in [1.54, 1.807) is 0 Å². The molecule has 3 aromatic rings. The monoisotopic (exact) mass is 465 g/mol. The molecule has 0 saturated heterocycles. The lowest BCUT2D eigenvalue weighted by Gasteiger charge is -2.44. The summed E-state index contributed by atoms with van der Waals surface area (Å²) in [6, 6.07) is 22.3. The molecule has 0 radical (unpaired) electrons. The Kier molecular flexibility index (Phi) is 7.28. The van der Waals surface area contributed by atoms with Gasteiger partial charge in [-0.25, -0.2) is 0 Å². The maximum atomic E-state index is 6.48. The highest BCUT2D eigenvalue weighted by molar-refractivity contribution is 6.30. The standard InChI is InChI=1S/C28H32ClNO3/c1-5-31-26-24-16-23(30-17-20-10-8-12-22(29)15-20)13-14-25(24)33-28(3,4)27(26)32-18-21-11-7-6-9-19(21)2/h6-16,26-27,30H,5,17-18H2,1-4H3. The number of nitrogens with one attached hydrogen (secondary N) is 1. The second-order valence-electron chi connectivity index (χ2n) is 8.98. The molecule has 0 aliphatic carbocycles. The summed E-state index contributed by atoms with van der Waals surface area (Å²) in [5.41, 5.74) is 4.98. The molecule has 0 amide bonds. The average Bonchev–Trinajstić information content (AvgIpc) is 2.78. The first kappa shape index (κ1) is 23.6. The molecule has 0 aromatic heterocycles. The molecule has 0 spiro atoms. The third-order valence-electron chi connectivity index (χ3n) is 6.06. The number of halogens is 1. The van der Waals surface area contributed by atoms with Crippen LogP contribution < -0.4 is 10.1 Å². The van der Waals surface area contributed by atoms with Crippen molar-refractivity contribution in [3.63, 3.8) is 0 Å². The van der Waals surface area contributed by atoms with Gasteiger partial charge in [-0.05, 0) is 74.7 Å². The minimum atomic E-state index is -0.536. The predicted octanol–water partition coefficient (Wildman–Crippen LogP) is 7.09. The highest BCUT2D eigenvalue weighted by atomic mass is 35.5. The second kappa shape index (κ2) is 10.2. The zero-order valence-electron chi connectivity index (χ0n) is 19.7. The molecule has 4 nitrogen and oxygen atoms in total. The molecule has 0 fully saturated rings. The average molecular weight is 466 g/mol. The van der Waals surface area contributed by atoms with E-state index in [-0.39, 0.29) is 12.2 Å². The molecule has 1 aliphatic heterocycles. The first-order chi connectivity index (χ1) is 15.9. The minimum Gasteiger partial charge on any atom is -0.485 e. The molecule has 3 aromatic carbocycles. The molecule has 4 rings (SSSR count). The van der Waals surface area contributed by atoms with E-state index in [4.69, 9.17) is 25.8 Å². The quantitative estimate of drug-likeness (QED) is 0.385. The van der Waals surface area contributed by atoms with Crippen LogP contribution in [0.5, 0.6) is 5.75 Å². The van der Waals surface area contributed by atoms with Crippen molar-refractivity contribution >= 4 is 17.3 Å². The molecule has 1 aliphatic rings. The van der Waals surface area contributed by atoms with Gasteiger partial charge >= 0.3 is 0 Å². The van der Waals surface area contributed by atoms with Crippen LogP contribution in [0.1, 0.15) is 49.1 Å². The van der Waals surface area contributed by atoms with Gasteiger partial charge in [-0.2, -0.15) is 0 Å². The van der Waals surface area contributed by atoms with E-state index in [1.807, 2.05) is 49.4 Å². The van der Waals surface area contributed by atoms with Gasteiger partial charge in [0.25, 0.3) is 0 Å². The summed E-state index contributed by atoms with van der Waals surface area (Å²) in [7, 11) is 0. The highest BCUT2D eigenvalue weighted by Crippen LogP contribution is 2.44. The van der Waals surface area contributed by atoms with Crippen molar-refractivity contribution in [3.8, 4) is 5.75 Å². The van der Waals surface area contributed by atoms with E-state index in [9.17, 15) is 0 Å². The number of benzene rings is 3. The molecule has 174 valence electrons. The second-order valence-corrected chi connectivity index (χ2v) is 9.41. The van der Waals surface area contributed by atoms with E-state index in [2.05, 4.69) is 50.4 Å². The summed E-state index contributed by atoms with van der Waals surface area (Å²) in [4.78, 5) is 0. The molecule has 33 heavy (non-hydrogen) atoms. The molecule has 1 heterocycles. The largest absolute Gasteiger partial charge is 0.485 e. The fourth-order valence-electron chi connectivity index (χ4n) is 4.29. The maximum absolute atomic E-state index is 6.48. The van der Waals surface area contributed by atoms with E-state index >= 15 is 0 Å². The number of anilines is 1. The van der Waals surface area contributed by atoms with Crippen molar-refractivity contribution in [2.75, 3.05) is 11.9 Å². The Morgan fingerprint density at radius 1 is 1.00 bits per heavy atom. The number of rotatable bonds is 8. The van der Waals surface area contributed by atoms with Crippen LogP contribution in [-0.2, 0) is 22.6 Å². The number of fused-ring (bicyclic) bond motifs is 1. The number of aryl methyl sites for hydroxylation is 1. The van der Waals surface area contributed by atoms with Crippen LogP contribution in [0.25, 0.3) is 0 Å². The molecular weight excluding hydrogens is 434 g/mol. The van der Waals surface area contributed by atoms with Gasteiger partial charge in [0.05, 0.1) is 6.61 Å². The van der Waals surface area contributed by atoms with E-state index in [0.29, 0.717) is 19.8 Å². The Morgan fingerprint density at radius 2 is 1.82 bits per heavy atom. The van der Waals surface area contributed by atoms with Gasteiger partial charge < -0.3 is 19.5 Å². The molecule has 2 unspecified atom stereocenters. The summed E-state index contributed by atoms with van der Waals surface area (Å²) in [5, 5.41) is 4.23. The van der Waals surface area contributed by atoms with Crippen molar-refractivity contribution in [3.05, 3.63) is 94.0 Å². The summed E-state index contributed by atoms with van der Waals surface area (Å²) in [6.45, 7) is 10.0. The normalized spacial score (nSPS) is 18.9. The lowest BCUT2D eigenvalue weighted by atomic mass is 9.87. The van der Waals surface area contributed by atoms with Crippen LogP contribution >= 0.6 is 11.6 Å². The predicted molar refractivity (Wildman–Crippen MR) is 134 cm³/mol. The van der Waals surface area contributed by atoms with Crippen molar-refractivity contribution in [1.82, 2.24) is 0 Å². The Hall–Kier alpha value is -2.53. The number of hydrogen-bond donors (Lipinski definition) is 1. The van der Waals surface area contributed by atoms with E-state index < -0.39 is 5.60 Å². The van der Waals surface area contributed by atoms with Crippen LogP contribution in [0.3, 0.4) is 0 Å². The molecule has 5 heteroatoms. The van der Waals surface area contributed by atoms with Crippen LogP contribution in [0.2, 0.25) is 5.02 Å². The van der Waals surface area contributed by atoms with Gasteiger partial charge in [-0.1, -0.05) is 48.0 Å². The minimum absolute atomic E-state index is 0.231. The molecular formula is C28H32ClNO3. The zero-order valence-corrected chi connectivity index (χ0v) is 20.5. The zero-order chi connectivity index (χ0) is 23.4. The van der Waals surface area contributed by atoms with E-state index in [1.165, 1.54) is 11.1 Å². The molecule has 0 saturated carbocycles. The summed E-state index contributed by atoms with van der Waals surface area (Å²) >= 11 is 6.13. The lowest BCUT2D eigenvalue weighted by Crippen LogP contribution is -2.51. The van der Waals surface area contributed by atoms with Crippen LogP contribution in [0.4, 0.5) is 5.69 Å². The molecule has 1 N–H and O–H groups in total. The lowest BCUT2D eigenvalue weighted by molar-refractivity contribution is -0.166. The molecule has 0 bridgehead atoms. The van der Waals surface area contributed by atoms with Crippen molar-refractivity contribution < 1.29 is 14.2 Å². The number of hydrogen-bond acceptors (Lipinski definition) is 4. The Labute approximate surface area is 201 Å². The Morgan fingerprint density at radius 3 is 2.58 bits per heavy atom. The molecule has 2 atom stereocenters. The highest BCUT2D eigenvalue weighted by Gasteiger charge is 2.45. The third-order valence-corrected chi connectivity index (χ3v) is 6.30. The fourth-order valence-corrected chi connectivity index (χ4v) is 4.50. The van der Waals surface area contributed by atoms with Gasteiger partial charge in [0.2, 0.25) is 0 Å². The first-order valence-corrected chi connectivity index (χ1v) is 11.8. The van der Waals surface area contributed by atoms with Crippen LogP contribution in [0.15, 0.2) is 66.7 Å². The Bertz CT molecular complexity index is 1100. The Balaban J connectivity index is 1.57. The third kappa shape index (κ3) is 5.52. The maximum Gasteiger partial charge on any atom is 0.132 e. The van der Waals surface area contributed by atoms with Crippen molar-refractivity contribution in [2.24, 2.45) is 0 Å². The first-order valence-electron chi connectivity index (χ1n) is 11.5. The van der Waals surface area contributed by atoms with E-state index in [0.717, 1.165) is 27.6 Å². The van der Waals surface area contributed by atoms with Crippen LogP contribution in [0, 0.1) is 6.92 Å².